The van der Waals surface area contributed by atoms with E-state index in [1.54, 1.807) is 16.4 Å². The average molecular weight is 485 g/mol. The molecule has 4 N–H and O–H groups in total. The molecule has 1 aromatic carbocycles. The predicted molar refractivity (Wildman–Crippen MR) is 131 cm³/mol. The van der Waals surface area contributed by atoms with E-state index in [1.165, 1.54) is 5.56 Å². The van der Waals surface area contributed by atoms with Crippen molar-refractivity contribution in [3.8, 4) is 0 Å². The fourth-order valence-electron chi connectivity index (χ4n) is 4.90. The van der Waals surface area contributed by atoms with Gasteiger partial charge < -0.3 is 20.6 Å². The molecule has 0 aliphatic heterocycles. The number of fused-ring (bicyclic) bond motifs is 1. The molecule has 0 spiro atoms. The Labute approximate surface area is 203 Å². The first-order valence-corrected chi connectivity index (χ1v) is 13.1. The third kappa shape index (κ3) is 4.64. The predicted octanol–water partition coefficient (Wildman–Crippen LogP) is 2.75. The number of rotatable bonds is 10. The van der Waals surface area contributed by atoms with E-state index in [0.717, 1.165) is 25.0 Å². The van der Waals surface area contributed by atoms with Gasteiger partial charge in [-0.2, -0.15) is 0 Å². The molecule has 3 aromatic rings. The van der Waals surface area contributed by atoms with E-state index in [2.05, 4.69) is 46.8 Å². The summed E-state index contributed by atoms with van der Waals surface area (Å²) < 4.78 is 1.64. The molecular formula is C24H32N6O3S. The number of hydrogen-bond donors (Lipinski definition) is 4. The van der Waals surface area contributed by atoms with Gasteiger partial charge in [0.15, 0.2) is 22.1 Å². The van der Waals surface area contributed by atoms with Crippen LogP contribution in [0.15, 0.2) is 35.5 Å². The number of benzene rings is 1. The van der Waals surface area contributed by atoms with E-state index in [0.29, 0.717) is 40.9 Å². The highest BCUT2D eigenvalue weighted by molar-refractivity contribution is 7.99. The van der Waals surface area contributed by atoms with Gasteiger partial charge >= 0.3 is 0 Å². The van der Waals surface area contributed by atoms with Gasteiger partial charge in [0.05, 0.1) is 12.1 Å². The van der Waals surface area contributed by atoms with Crippen molar-refractivity contribution in [1.82, 2.24) is 25.0 Å². The fraction of sp³-hybridized carbons (Fsp3) is 0.583. The number of hydrogen-bond acceptors (Lipinski definition) is 9. The van der Waals surface area contributed by atoms with Crippen LogP contribution in [0, 0.1) is 5.92 Å². The summed E-state index contributed by atoms with van der Waals surface area (Å²) in [5, 5.41) is 43.5. The molecule has 2 fully saturated rings. The zero-order valence-corrected chi connectivity index (χ0v) is 20.1. The second-order valence-corrected chi connectivity index (χ2v) is 10.4. The van der Waals surface area contributed by atoms with Crippen LogP contribution in [0.4, 0.5) is 5.82 Å². The Morgan fingerprint density at radius 3 is 2.71 bits per heavy atom. The minimum absolute atomic E-state index is 0.0301. The van der Waals surface area contributed by atoms with E-state index in [-0.39, 0.29) is 18.6 Å². The average Bonchev–Trinajstić information content (AvgIpc) is 3.40. The summed E-state index contributed by atoms with van der Waals surface area (Å²) in [6.45, 7) is 2.13. The molecule has 5 rings (SSSR count). The molecule has 2 unspecified atom stereocenters. The number of thioether (sulfide) groups is 1. The van der Waals surface area contributed by atoms with E-state index in [9.17, 15) is 15.3 Å². The van der Waals surface area contributed by atoms with Crippen molar-refractivity contribution in [3.63, 3.8) is 0 Å². The van der Waals surface area contributed by atoms with Crippen LogP contribution in [-0.4, -0.2) is 70.9 Å². The van der Waals surface area contributed by atoms with Crippen LogP contribution in [0.25, 0.3) is 11.2 Å². The second kappa shape index (κ2) is 10.2. The van der Waals surface area contributed by atoms with Gasteiger partial charge in [-0.1, -0.05) is 60.7 Å². The van der Waals surface area contributed by atoms with Gasteiger partial charge in [0.25, 0.3) is 0 Å². The first kappa shape index (κ1) is 23.5. The summed E-state index contributed by atoms with van der Waals surface area (Å²) in [5.41, 5.74) is 2.45. The van der Waals surface area contributed by atoms with Crippen LogP contribution in [0.1, 0.15) is 56.6 Å². The Morgan fingerprint density at radius 2 is 1.94 bits per heavy atom. The maximum Gasteiger partial charge on any atom is 0.191 e. The Hall–Kier alpha value is -2.27. The maximum absolute atomic E-state index is 10.7. The maximum atomic E-state index is 10.7. The Bertz CT molecular complexity index is 1110. The molecular weight excluding hydrogens is 452 g/mol. The summed E-state index contributed by atoms with van der Waals surface area (Å²) in [5.74, 6) is 1.82. The van der Waals surface area contributed by atoms with Crippen LogP contribution in [0.2, 0.25) is 0 Å². The lowest BCUT2D eigenvalue weighted by atomic mass is 10.0. The number of anilines is 1. The van der Waals surface area contributed by atoms with Crippen molar-refractivity contribution in [3.05, 3.63) is 35.9 Å². The summed E-state index contributed by atoms with van der Waals surface area (Å²) >= 11 is 1.61. The molecule has 0 bridgehead atoms. The van der Waals surface area contributed by atoms with Crippen molar-refractivity contribution < 1.29 is 15.3 Å². The topological polar surface area (TPSA) is 129 Å². The largest absolute Gasteiger partial charge is 0.396 e. The molecule has 0 saturated heterocycles. The van der Waals surface area contributed by atoms with E-state index in [1.807, 2.05) is 6.07 Å². The summed E-state index contributed by atoms with van der Waals surface area (Å²) in [6, 6.07) is 10.3. The molecule has 182 valence electrons. The molecule has 6 atom stereocenters. The van der Waals surface area contributed by atoms with Crippen LogP contribution in [-0.2, 0) is 0 Å². The Morgan fingerprint density at radius 1 is 1.12 bits per heavy atom. The number of aliphatic hydroxyl groups is 3. The Balaban J connectivity index is 1.44. The minimum atomic E-state index is -0.991. The standard InChI is InChI=1S/C24H32N6O3S/c1-2-3-11-34-24-26-22(25-17-13-16(17)14-7-5-4-6-8-14)19-23(27-24)30(29-28-19)18-12-15(9-10-31)20(32)21(18)33/h4-8,15-18,20-21,31-33H,2-3,9-13H2,1H3,(H,25,26,27)/t15-,16?,17?,18+,20+,21-/m0/s1. The van der Waals surface area contributed by atoms with Crippen molar-refractivity contribution in [2.75, 3.05) is 17.7 Å². The third-order valence-electron chi connectivity index (χ3n) is 6.96. The highest BCUT2D eigenvalue weighted by Crippen LogP contribution is 2.44. The molecule has 10 heteroatoms. The fourth-order valence-corrected chi connectivity index (χ4v) is 5.82. The molecule has 34 heavy (non-hydrogen) atoms. The molecule has 2 aromatic heterocycles. The SMILES string of the molecule is CCCCSc1nc(NC2CC2c2ccccc2)c2nnn([C@@H]3C[C@H](CCO)[C@@H](O)[C@H]3O)c2n1. The lowest BCUT2D eigenvalue weighted by molar-refractivity contribution is 0.00107. The molecule has 2 aliphatic carbocycles. The minimum Gasteiger partial charge on any atom is -0.396 e. The van der Waals surface area contributed by atoms with Crippen LogP contribution >= 0.6 is 11.8 Å². The number of nitrogens with zero attached hydrogens (tertiary/aromatic N) is 5. The van der Waals surface area contributed by atoms with Crippen molar-refractivity contribution in [2.24, 2.45) is 5.92 Å². The van der Waals surface area contributed by atoms with Gasteiger partial charge in [0.2, 0.25) is 0 Å². The second-order valence-electron chi connectivity index (χ2n) is 9.32. The van der Waals surface area contributed by atoms with E-state index < -0.39 is 18.2 Å². The van der Waals surface area contributed by atoms with E-state index >= 15 is 0 Å². The zero-order valence-electron chi connectivity index (χ0n) is 19.3. The number of unbranched alkanes of at least 4 members (excludes halogenated alkanes) is 1. The number of nitrogens with one attached hydrogen (secondary N) is 1. The Kier molecular flexibility index (Phi) is 7.01. The lowest BCUT2D eigenvalue weighted by Crippen LogP contribution is -2.30. The number of aliphatic hydroxyl groups excluding tert-OH is 3. The number of aromatic nitrogens is 5. The van der Waals surface area contributed by atoms with Crippen molar-refractivity contribution in [2.45, 2.75) is 74.4 Å². The molecule has 0 radical (unpaired) electrons. The summed E-state index contributed by atoms with van der Waals surface area (Å²) in [7, 11) is 0. The molecule has 9 nitrogen and oxygen atoms in total. The van der Waals surface area contributed by atoms with Gasteiger partial charge in [0, 0.05) is 24.3 Å². The van der Waals surface area contributed by atoms with Crippen LogP contribution in [0.3, 0.4) is 0 Å². The van der Waals surface area contributed by atoms with Crippen molar-refractivity contribution in [1.29, 1.82) is 0 Å². The highest BCUT2D eigenvalue weighted by atomic mass is 32.2. The van der Waals surface area contributed by atoms with E-state index in [4.69, 9.17) is 9.97 Å². The molecule has 2 saturated carbocycles. The highest BCUT2D eigenvalue weighted by Gasteiger charge is 2.44. The lowest BCUT2D eigenvalue weighted by Gasteiger charge is -2.17. The first-order chi connectivity index (χ1) is 16.6. The zero-order chi connectivity index (χ0) is 23.7. The van der Waals surface area contributed by atoms with Crippen molar-refractivity contribution >= 4 is 28.7 Å². The van der Waals surface area contributed by atoms with Crippen LogP contribution < -0.4 is 5.32 Å². The summed E-state index contributed by atoms with van der Waals surface area (Å²) in [6.07, 6.45) is 2.23. The monoisotopic (exact) mass is 484 g/mol. The van der Waals surface area contributed by atoms with Crippen LogP contribution in [0.5, 0.6) is 0 Å². The van der Waals surface area contributed by atoms with Gasteiger partial charge in [-0.15, -0.1) is 5.10 Å². The van der Waals surface area contributed by atoms with Gasteiger partial charge in [-0.3, -0.25) is 0 Å². The molecule has 2 heterocycles. The van der Waals surface area contributed by atoms with Gasteiger partial charge in [-0.05, 0) is 37.2 Å². The molecule has 2 aliphatic rings. The molecule has 0 amide bonds. The third-order valence-corrected chi connectivity index (χ3v) is 7.89. The normalized spacial score (nSPS) is 28.5. The summed E-state index contributed by atoms with van der Waals surface area (Å²) in [4.78, 5) is 9.53. The first-order valence-electron chi connectivity index (χ1n) is 12.1. The van der Waals surface area contributed by atoms with Gasteiger partial charge in [-0.25, -0.2) is 14.6 Å². The quantitative estimate of drug-likeness (QED) is 0.195. The smallest absolute Gasteiger partial charge is 0.191 e. The van der Waals surface area contributed by atoms with Gasteiger partial charge in [0.1, 0.15) is 6.10 Å².